The van der Waals surface area contributed by atoms with E-state index >= 15 is 0 Å². The summed E-state index contributed by atoms with van der Waals surface area (Å²) in [6.45, 7) is 9.01. The minimum absolute atomic E-state index is 0.00513. The first-order valence-corrected chi connectivity index (χ1v) is 7.68. The summed E-state index contributed by atoms with van der Waals surface area (Å²) >= 11 is 0. The van der Waals surface area contributed by atoms with Gasteiger partial charge in [-0.15, -0.1) is 0 Å². The maximum atomic E-state index is 12.0. The summed E-state index contributed by atoms with van der Waals surface area (Å²) in [5, 5.41) is 3.05. The van der Waals surface area contributed by atoms with Crippen LogP contribution >= 0.6 is 0 Å². The van der Waals surface area contributed by atoms with Gasteiger partial charge in [0.1, 0.15) is 5.75 Å². The van der Waals surface area contributed by atoms with Crippen LogP contribution in [-0.2, 0) is 4.79 Å². The molecule has 1 aromatic carbocycles. The van der Waals surface area contributed by atoms with Crippen molar-refractivity contribution in [2.75, 3.05) is 13.2 Å². The molecule has 0 fully saturated rings. The number of hydrogen-bond donors (Lipinski definition) is 2. The van der Waals surface area contributed by atoms with Crippen molar-refractivity contribution in [1.82, 2.24) is 5.32 Å². The molecule has 0 heterocycles. The minimum atomic E-state index is -0.281. The largest absolute Gasteiger partial charge is 0.493 e. The average molecular weight is 292 g/mol. The molecule has 0 radical (unpaired) electrons. The molecule has 0 spiro atoms. The lowest BCUT2D eigenvalue weighted by atomic mass is 9.93. The maximum absolute atomic E-state index is 12.0. The molecule has 0 saturated heterocycles. The Morgan fingerprint density at radius 2 is 1.95 bits per heavy atom. The topological polar surface area (TPSA) is 64.3 Å². The number of carbonyl (C=O) groups is 1. The van der Waals surface area contributed by atoms with Crippen molar-refractivity contribution >= 4 is 5.91 Å². The number of rotatable bonds is 8. The molecule has 0 aliphatic rings. The number of benzene rings is 1. The van der Waals surface area contributed by atoms with E-state index in [0.717, 1.165) is 24.2 Å². The number of ether oxygens (including phenoxy) is 1. The van der Waals surface area contributed by atoms with Crippen LogP contribution in [0, 0.1) is 13.8 Å². The number of amides is 1. The fraction of sp³-hybridized carbons (Fsp3) is 0.588. The van der Waals surface area contributed by atoms with Gasteiger partial charge >= 0.3 is 0 Å². The van der Waals surface area contributed by atoms with Gasteiger partial charge in [-0.05, 0) is 43.9 Å². The molecule has 4 nitrogen and oxygen atoms in total. The Balaban J connectivity index is 2.49. The smallest absolute Gasteiger partial charge is 0.223 e. The summed E-state index contributed by atoms with van der Waals surface area (Å²) in [5.74, 6) is 0.841. The van der Waals surface area contributed by atoms with E-state index in [1.807, 2.05) is 45.9 Å². The van der Waals surface area contributed by atoms with E-state index in [4.69, 9.17) is 10.5 Å². The molecule has 0 aliphatic heterocycles. The van der Waals surface area contributed by atoms with E-state index in [-0.39, 0.29) is 11.4 Å². The quantitative estimate of drug-likeness (QED) is 0.774. The van der Waals surface area contributed by atoms with Crippen molar-refractivity contribution in [3.05, 3.63) is 29.3 Å². The lowest BCUT2D eigenvalue weighted by molar-refractivity contribution is -0.123. The average Bonchev–Trinajstić information content (AvgIpc) is 2.49. The summed E-state index contributed by atoms with van der Waals surface area (Å²) in [6.07, 6.45) is 2.02. The predicted octanol–water partition coefficient (Wildman–Crippen LogP) is 2.71. The molecule has 1 amide bonds. The highest BCUT2D eigenvalue weighted by Gasteiger charge is 2.25. The fourth-order valence-corrected chi connectivity index (χ4v) is 2.26. The van der Waals surface area contributed by atoms with E-state index < -0.39 is 0 Å². The van der Waals surface area contributed by atoms with E-state index in [9.17, 15) is 4.79 Å². The molecule has 0 unspecified atom stereocenters. The lowest BCUT2D eigenvalue weighted by Crippen LogP contribution is -2.53. The second-order valence-corrected chi connectivity index (χ2v) is 5.54. The molecule has 1 rings (SSSR count). The van der Waals surface area contributed by atoms with Gasteiger partial charge in [0.25, 0.3) is 0 Å². The predicted molar refractivity (Wildman–Crippen MR) is 86.5 cm³/mol. The van der Waals surface area contributed by atoms with Gasteiger partial charge in [0.2, 0.25) is 5.91 Å². The highest BCUT2D eigenvalue weighted by Crippen LogP contribution is 2.20. The first kappa shape index (κ1) is 17.5. The molecule has 21 heavy (non-hydrogen) atoms. The first-order valence-electron chi connectivity index (χ1n) is 7.68. The second-order valence-electron chi connectivity index (χ2n) is 5.54. The SMILES string of the molecule is CCC(CC)(CN)NC(=O)CCOc1cccc(C)c1C. The molecule has 0 atom stereocenters. The number of aryl methyl sites for hydroxylation is 1. The van der Waals surface area contributed by atoms with Crippen molar-refractivity contribution in [3.8, 4) is 5.75 Å². The maximum Gasteiger partial charge on any atom is 0.223 e. The Hall–Kier alpha value is -1.55. The Labute approximate surface area is 128 Å². The zero-order valence-electron chi connectivity index (χ0n) is 13.7. The number of carbonyl (C=O) groups excluding carboxylic acids is 1. The summed E-state index contributed by atoms with van der Waals surface area (Å²) in [6, 6.07) is 5.95. The van der Waals surface area contributed by atoms with Crippen LogP contribution in [0.4, 0.5) is 0 Å². The van der Waals surface area contributed by atoms with Gasteiger partial charge in [-0.3, -0.25) is 4.79 Å². The molecule has 0 saturated carbocycles. The van der Waals surface area contributed by atoms with E-state index in [0.29, 0.717) is 19.6 Å². The zero-order chi connectivity index (χ0) is 15.9. The van der Waals surface area contributed by atoms with Gasteiger partial charge in [0.05, 0.1) is 18.6 Å². The lowest BCUT2D eigenvalue weighted by Gasteiger charge is -2.31. The Kier molecular flexibility index (Phi) is 6.69. The van der Waals surface area contributed by atoms with E-state index in [1.165, 1.54) is 5.56 Å². The van der Waals surface area contributed by atoms with Crippen LogP contribution in [0.3, 0.4) is 0 Å². The van der Waals surface area contributed by atoms with Crippen LogP contribution in [0.15, 0.2) is 18.2 Å². The molecule has 0 aromatic heterocycles. The van der Waals surface area contributed by atoms with Crippen LogP contribution in [0.2, 0.25) is 0 Å². The van der Waals surface area contributed by atoms with Gasteiger partial charge in [-0.1, -0.05) is 26.0 Å². The number of nitrogens with two attached hydrogens (primary N) is 1. The standard InChI is InChI=1S/C17H28N2O2/c1-5-17(6-2,12-18)19-16(20)10-11-21-15-9-7-8-13(3)14(15)4/h7-9H,5-6,10-12,18H2,1-4H3,(H,19,20). The summed E-state index contributed by atoms with van der Waals surface area (Å²) < 4.78 is 5.71. The first-order chi connectivity index (χ1) is 9.98. The van der Waals surface area contributed by atoms with Gasteiger partial charge < -0.3 is 15.8 Å². The van der Waals surface area contributed by atoms with E-state index in [2.05, 4.69) is 5.32 Å². The zero-order valence-corrected chi connectivity index (χ0v) is 13.7. The van der Waals surface area contributed by atoms with Crippen molar-refractivity contribution < 1.29 is 9.53 Å². The number of nitrogens with one attached hydrogen (secondary N) is 1. The number of hydrogen-bond acceptors (Lipinski definition) is 3. The Bertz CT molecular complexity index is 460. The van der Waals surface area contributed by atoms with Crippen LogP contribution < -0.4 is 15.8 Å². The molecule has 3 N–H and O–H groups in total. The van der Waals surface area contributed by atoms with Crippen molar-refractivity contribution in [3.63, 3.8) is 0 Å². The molecular formula is C17H28N2O2. The monoisotopic (exact) mass is 292 g/mol. The fourth-order valence-electron chi connectivity index (χ4n) is 2.26. The summed E-state index contributed by atoms with van der Waals surface area (Å²) in [5.41, 5.74) is 7.82. The molecular weight excluding hydrogens is 264 g/mol. The van der Waals surface area contributed by atoms with Gasteiger partial charge in [0.15, 0.2) is 0 Å². The van der Waals surface area contributed by atoms with Crippen LogP contribution in [0.5, 0.6) is 5.75 Å². The third kappa shape index (κ3) is 4.74. The Morgan fingerprint density at radius 3 is 2.52 bits per heavy atom. The van der Waals surface area contributed by atoms with Gasteiger partial charge in [0, 0.05) is 6.54 Å². The van der Waals surface area contributed by atoms with Crippen LogP contribution in [0.25, 0.3) is 0 Å². The van der Waals surface area contributed by atoms with Crippen LogP contribution in [-0.4, -0.2) is 24.6 Å². The highest BCUT2D eigenvalue weighted by atomic mass is 16.5. The van der Waals surface area contributed by atoms with Crippen LogP contribution in [0.1, 0.15) is 44.2 Å². The third-order valence-electron chi connectivity index (χ3n) is 4.29. The normalized spacial score (nSPS) is 11.3. The van der Waals surface area contributed by atoms with Crippen molar-refractivity contribution in [2.45, 2.75) is 52.5 Å². The summed E-state index contributed by atoms with van der Waals surface area (Å²) in [4.78, 5) is 12.0. The summed E-state index contributed by atoms with van der Waals surface area (Å²) in [7, 11) is 0. The molecule has 118 valence electrons. The Morgan fingerprint density at radius 1 is 1.29 bits per heavy atom. The van der Waals surface area contributed by atoms with Crippen molar-refractivity contribution in [1.29, 1.82) is 0 Å². The second kappa shape index (κ2) is 8.03. The molecule has 0 bridgehead atoms. The van der Waals surface area contributed by atoms with E-state index in [1.54, 1.807) is 0 Å². The van der Waals surface area contributed by atoms with Gasteiger partial charge in [-0.25, -0.2) is 0 Å². The molecule has 0 aliphatic carbocycles. The molecule has 4 heteroatoms. The highest BCUT2D eigenvalue weighted by molar-refractivity contribution is 5.77. The third-order valence-corrected chi connectivity index (χ3v) is 4.29. The molecule has 1 aromatic rings. The van der Waals surface area contributed by atoms with Crippen molar-refractivity contribution in [2.24, 2.45) is 5.73 Å². The minimum Gasteiger partial charge on any atom is -0.493 e. The van der Waals surface area contributed by atoms with Gasteiger partial charge in [-0.2, -0.15) is 0 Å².